The summed E-state index contributed by atoms with van der Waals surface area (Å²) in [7, 11) is 0. The van der Waals surface area contributed by atoms with Crippen molar-refractivity contribution in [3.05, 3.63) is 0 Å². The van der Waals surface area contributed by atoms with Crippen LogP contribution >= 0.6 is 11.8 Å². The van der Waals surface area contributed by atoms with E-state index in [0.29, 0.717) is 6.54 Å². The molecular weight excluding hydrogens is 218 g/mol. The number of aliphatic carboxylic acids is 1. The van der Waals surface area contributed by atoms with E-state index in [2.05, 4.69) is 11.1 Å². The number of carbonyl (C=O) groups is 2. The van der Waals surface area contributed by atoms with Crippen LogP contribution in [0.3, 0.4) is 0 Å². The molecular formula is C8H13N3O3S. The van der Waals surface area contributed by atoms with Gasteiger partial charge in [-0.3, -0.25) is 4.79 Å². The summed E-state index contributed by atoms with van der Waals surface area (Å²) in [6.07, 6.45) is 0.271. The second kappa shape index (κ2) is 8.08. The van der Waals surface area contributed by atoms with Gasteiger partial charge in [-0.2, -0.15) is 5.26 Å². The molecule has 0 rings (SSSR count). The maximum atomic E-state index is 11.0. The first-order valence-corrected chi connectivity index (χ1v) is 5.48. The second-order valence-electron chi connectivity index (χ2n) is 2.79. The van der Waals surface area contributed by atoms with Crippen LogP contribution in [0.2, 0.25) is 0 Å². The Bertz CT molecular complexity index is 264. The SMILES string of the molecule is N#CCCNC(=O)CSC[C@H]([NH3+])C(=O)[O-]. The van der Waals surface area contributed by atoms with Gasteiger partial charge >= 0.3 is 0 Å². The van der Waals surface area contributed by atoms with Gasteiger partial charge in [0.2, 0.25) is 5.91 Å². The highest BCUT2D eigenvalue weighted by Gasteiger charge is 2.08. The van der Waals surface area contributed by atoms with E-state index in [4.69, 9.17) is 5.26 Å². The third kappa shape index (κ3) is 7.78. The van der Waals surface area contributed by atoms with Crippen molar-refractivity contribution in [2.75, 3.05) is 18.1 Å². The number of rotatable bonds is 7. The van der Waals surface area contributed by atoms with E-state index >= 15 is 0 Å². The molecule has 7 heteroatoms. The highest BCUT2D eigenvalue weighted by molar-refractivity contribution is 8.00. The number of hydrogen-bond acceptors (Lipinski definition) is 5. The molecule has 0 radical (unpaired) electrons. The van der Waals surface area contributed by atoms with Gasteiger partial charge < -0.3 is 21.0 Å². The quantitative estimate of drug-likeness (QED) is 0.456. The largest absolute Gasteiger partial charge is 0.544 e. The number of carbonyl (C=O) groups excluding carboxylic acids is 2. The minimum absolute atomic E-state index is 0.171. The number of amides is 1. The fourth-order valence-electron chi connectivity index (χ4n) is 0.671. The Kier molecular flexibility index (Phi) is 7.40. The van der Waals surface area contributed by atoms with Gasteiger partial charge in [0.1, 0.15) is 6.04 Å². The summed E-state index contributed by atoms with van der Waals surface area (Å²) < 4.78 is 0. The molecule has 0 unspecified atom stereocenters. The van der Waals surface area contributed by atoms with Crippen molar-refractivity contribution >= 4 is 23.6 Å². The van der Waals surface area contributed by atoms with Crippen LogP contribution < -0.4 is 16.2 Å². The van der Waals surface area contributed by atoms with Gasteiger partial charge in [0, 0.05) is 6.54 Å². The Morgan fingerprint density at radius 3 is 2.80 bits per heavy atom. The van der Waals surface area contributed by atoms with Crippen LogP contribution in [-0.4, -0.2) is 36.0 Å². The molecule has 0 aromatic heterocycles. The smallest absolute Gasteiger partial charge is 0.230 e. The molecule has 0 saturated heterocycles. The van der Waals surface area contributed by atoms with Crippen molar-refractivity contribution in [3.8, 4) is 6.07 Å². The van der Waals surface area contributed by atoms with Crippen LogP contribution in [0.25, 0.3) is 0 Å². The molecule has 0 aliphatic carbocycles. The molecule has 1 amide bonds. The molecule has 84 valence electrons. The summed E-state index contributed by atoms with van der Waals surface area (Å²) in [6.45, 7) is 0.324. The molecule has 0 saturated carbocycles. The number of thioether (sulfide) groups is 1. The monoisotopic (exact) mass is 231 g/mol. The molecule has 0 aliphatic rings. The zero-order valence-corrected chi connectivity index (χ0v) is 9.01. The molecule has 6 nitrogen and oxygen atoms in total. The van der Waals surface area contributed by atoms with Crippen molar-refractivity contribution in [1.82, 2.24) is 5.32 Å². The lowest BCUT2D eigenvalue weighted by molar-refractivity contribution is -0.431. The Morgan fingerprint density at radius 2 is 2.27 bits per heavy atom. The summed E-state index contributed by atoms with van der Waals surface area (Å²) in [4.78, 5) is 21.3. The zero-order valence-electron chi connectivity index (χ0n) is 8.19. The Morgan fingerprint density at radius 1 is 1.60 bits per heavy atom. The third-order valence-corrected chi connectivity index (χ3v) is 2.55. The Labute approximate surface area is 91.8 Å². The van der Waals surface area contributed by atoms with E-state index in [1.807, 2.05) is 6.07 Å². The number of carboxylic acid groups (broad SMARTS) is 1. The van der Waals surface area contributed by atoms with Gasteiger partial charge in [0.15, 0.2) is 0 Å². The summed E-state index contributed by atoms with van der Waals surface area (Å²) in [5.41, 5.74) is 3.35. The molecule has 0 spiro atoms. The van der Waals surface area contributed by atoms with Gasteiger partial charge in [-0.15, -0.1) is 11.8 Å². The van der Waals surface area contributed by atoms with Crippen molar-refractivity contribution in [2.24, 2.45) is 0 Å². The highest BCUT2D eigenvalue weighted by Crippen LogP contribution is 1.99. The van der Waals surface area contributed by atoms with Gasteiger partial charge in [0.05, 0.1) is 30.0 Å². The second-order valence-corrected chi connectivity index (χ2v) is 3.82. The normalized spacial score (nSPS) is 11.5. The van der Waals surface area contributed by atoms with Crippen molar-refractivity contribution in [2.45, 2.75) is 12.5 Å². The molecule has 0 bridgehead atoms. The molecule has 0 aromatic rings. The third-order valence-electron chi connectivity index (χ3n) is 1.44. The van der Waals surface area contributed by atoms with E-state index in [0.717, 1.165) is 0 Å². The minimum Gasteiger partial charge on any atom is -0.544 e. The molecule has 1 atom stereocenters. The Balaban J connectivity index is 3.47. The predicted octanol–water partition coefficient (Wildman–Crippen LogP) is -2.89. The summed E-state index contributed by atoms with van der Waals surface area (Å²) in [5, 5.41) is 21.0. The van der Waals surface area contributed by atoms with E-state index in [9.17, 15) is 14.7 Å². The van der Waals surface area contributed by atoms with Gasteiger partial charge in [0.25, 0.3) is 0 Å². The van der Waals surface area contributed by atoms with Crippen LogP contribution in [0.5, 0.6) is 0 Å². The summed E-state index contributed by atoms with van der Waals surface area (Å²) in [6, 6.07) is 1.09. The lowest BCUT2D eigenvalue weighted by atomic mass is 10.4. The predicted molar refractivity (Wildman–Crippen MR) is 52.2 cm³/mol. The lowest BCUT2D eigenvalue weighted by Gasteiger charge is -2.08. The summed E-state index contributed by atoms with van der Waals surface area (Å²) >= 11 is 1.18. The van der Waals surface area contributed by atoms with E-state index < -0.39 is 12.0 Å². The van der Waals surface area contributed by atoms with Gasteiger partial charge in [-0.05, 0) is 0 Å². The van der Waals surface area contributed by atoms with E-state index in [1.54, 1.807) is 0 Å². The first-order valence-electron chi connectivity index (χ1n) is 4.33. The van der Waals surface area contributed by atoms with Crippen LogP contribution in [0.1, 0.15) is 6.42 Å². The van der Waals surface area contributed by atoms with Crippen LogP contribution in [0, 0.1) is 11.3 Å². The molecule has 15 heavy (non-hydrogen) atoms. The maximum Gasteiger partial charge on any atom is 0.230 e. The number of nitrogens with one attached hydrogen (secondary N) is 1. The number of hydrogen-bond donors (Lipinski definition) is 2. The van der Waals surface area contributed by atoms with Crippen LogP contribution in [0.4, 0.5) is 0 Å². The maximum absolute atomic E-state index is 11.0. The molecule has 0 heterocycles. The number of nitriles is 1. The standard InChI is InChI=1S/C8H13N3O3S/c9-2-1-3-11-7(12)5-15-4-6(10)8(13)14/h6H,1,3-5,10H2,(H,11,12)(H,13,14)/t6-/m0/s1. The first-order chi connectivity index (χ1) is 7.07. The van der Waals surface area contributed by atoms with Crippen LogP contribution in [-0.2, 0) is 9.59 Å². The number of nitrogens with zero attached hydrogens (tertiary/aromatic N) is 1. The van der Waals surface area contributed by atoms with Gasteiger partial charge in [-0.1, -0.05) is 0 Å². The molecule has 4 N–H and O–H groups in total. The average molecular weight is 231 g/mol. The zero-order chi connectivity index (χ0) is 11.7. The molecule has 0 fully saturated rings. The highest BCUT2D eigenvalue weighted by atomic mass is 32.2. The fourth-order valence-corrected chi connectivity index (χ4v) is 1.50. The molecule has 0 aromatic carbocycles. The van der Waals surface area contributed by atoms with E-state index in [1.165, 1.54) is 11.8 Å². The van der Waals surface area contributed by atoms with E-state index in [-0.39, 0.29) is 23.8 Å². The average Bonchev–Trinajstić information content (AvgIpc) is 2.18. The van der Waals surface area contributed by atoms with Crippen molar-refractivity contribution in [3.63, 3.8) is 0 Å². The van der Waals surface area contributed by atoms with Gasteiger partial charge in [-0.25, -0.2) is 0 Å². The number of carboxylic acids is 1. The van der Waals surface area contributed by atoms with Crippen molar-refractivity contribution < 1.29 is 20.4 Å². The molecule has 0 aliphatic heterocycles. The van der Waals surface area contributed by atoms with Crippen molar-refractivity contribution in [1.29, 1.82) is 5.26 Å². The fraction of sp³-hybridized carbons (Fsp3) is 0.625. The lowest BCUT2D eigenvalue weighted by Crippen LogP contribution is -2.69. The Hall–Kier alpha value is -1.26. The first kappa shape index (κ1) is 13.7. The topological polar surface area (TPSA) is 121 Å². The number of quaternary nitrogens is 1. The van der Waals surface area contributed by atoms with Crippen LogP contribution in [0.15, 0.2) is 0 Å². The summed E-state index contributed by atoms with van der Waals surface area (Å²) in [5.74, 6) is -1.01. The minimum atomic E-state index is -1.22.